The Bertz CT molecular complexity index is 653. The highest BCUT2D eigenvalue weighted by atomic mass is 32.2. The monoisotopic (exact) mass is 336 g/mol. The summed E-state index contributed by atoms with van der Waals surface area (Å²) in [5, 5.41) is 8.80. The van der Waals surface area contributed by atoms with Gasteiger partial charge in [0.05, 0.1) is 9.79 Å². The third kappa shape index (κ3) is 4.24. The lowest BCUT2D eigenvalue weighted by atomic mass is 10.4. The molecule has 0 heterocycles. The average Bonchev–Trinajstić information content (AvgIpc) is 2.48. The quantitative estimate of drug-likeness (QED) is 0.695. The SMILES string of the molecule is CCN(CCCO)S(=O)(=O)c1ccc(S(=O)(=O)NC)cc1. The molecule has 9 heteroatoms. The van der Waals surface area contributed by atoms with Crippen LogP contribution in [0.5, 0.6) is 0 Å². The lowest BCUT2D eigenvalue weighted by molar-refractivity contribution is 0.271. The normalized spacial score (nSPS) is 12.8. The molecule has 0 fully saturated rings. The molecule has 0 saturated carbocycles. The van der Waals surface area contributed by atoms with Gasteiger partial charge >= 0.3 is 0 Å². The maximum absolute atomic E-state index is 12.4. The molecule has 0 unspecified atom stereocenters. The first-order valence-corrected chi connectivity index (χ1v) is 9.36. The van der Waals surface area contributed by atoms with E-state index in [4.69, 9.17) is 5.11 Å². The van der Waals surface area contributed by atoms with E-state index in [0.717, 1.165) is 0 Å². The van der Waals surface area contributed by atoms with Crippen LogP contribution in [0.1, 0.15) is 13.3 Å². The number of nitrogens with one attached hydrogen (secondary N) is 1. The first-order chi connectivity index (χ1) is 9.79. The van der Waals surface area contributed by atoms with Gasteiger partial charge in [-0.05, 0) is 37.7 Å². The van der Waals surface area contributed by atoms with Gasteiger partial charge < -0.3 is 5.11 Å². The standard InChI is InChI=1S/C12H20N2O5S2/c1-3-14(9-4-10-15)21(18,19)12-7-5-11(6-8-12)20(16,17)13-2/h5-8,13,15H,3-4,9-10H2,1-2H3. The van der Waals surface area contributed by atoms with Crippen molar-refractivity contribution in [2.75, 3.05) is 26.7 Å². The number of aliphatic hydroxyl groups is 1. The molecule has 2 N–H and O–H groups in total. The summed E-state index contributed by atoms with van der Waals surface area (Å²) < 4.78 is 51.4. The van der Waals surface area contributed by atoms with E-state index in [1.165, 1.54) is 35.6 Å². The average molecular weight is 336 g/mol. The van der Waals surface area contributed by atoms with Gasteiger partial charge in [-0.15, -0.1) is 0 Å². The molecule has 0 aromatic heterocycles. The molecular weight excluding hydrogens is 316 g/mol. The number of hydrogen-bond acceptors (Lipinski definition) is 5. The number of sulfonamides is 2. The lowest BCUT2D eigenvalue weighted by Gasteiger charge is -2.20. The van der Waals surface area contributed by atoms with Crippen molar-refractivity contribution >= 4 is 20.0 Å². The van der Waals surface area contributed by atoms with Crippen molar-refractivity contribution in [3.05, 3.63) is 24.3 Å². The van der Waals surface area contributed by atoms with E-state index in [1.807, 2.05) is 0 Å². The Kier molecular flexibility index (Phi) is 6.29. The predicted octanol–water partition coefficient (Wildman–Crippen LogP) is -0.0123. The summed E-state index contributed by atoms with van der Waals surface area (Å²) in [7, 11) is -5.99. The molecule has 120 valence electrons. The Morgan fingerprint density at radius 2 is 1.62 bits per heavy atom. The molecule has 21 heavy (non-hydrogen) atoms. The maximum atomic E-state index is 12.4. The second kappa shape index (κ2) is 7.32. The number of benzene rings is 1. The molecule has 0 saturated heterocycles. The highest BCUT2D eigenvalue weighted by Crippen LogP contribution is 2.18. The number of rotatable bonds is 8. The summed E-state index contributed by atoms with van der Waals surface area (Å²) >= 11 is 0. The van der Waals surface area contributed by atoms with Gasteiger partial charge in [-0.2, -0.15) is 4.31 Å². The molecule has 0 aliphatic rings. The molecule has 0 aliphatic heterocycles. The summed E-state index contributed by atoms with van der Waals surface area (Å²) in [4.78, 5) is 0.0275. The minimum Gasteiger partial charge on any atom is -0.396 e. The molecule has 7 nitrogen and oxygen atoms in total. The van der Waals surface area contributed by atoms with Crippen molar-refractivity contribution in [3.8, 4) is 0 Å². The van der Waals surface area contributed by atoms with E-state index in [-0.39, 0.29) is 29.5 Å². The van der Waals surface area contributed by atoms with Crippen LogP contribution in [0.2, 0.25) is 0 Å². The smallest absolute Gasteiger partial charge is 0.243 e. The third-order valence-electron chi connectivity index (χ3n) is 2.96. The van der Waals surface area contributed by atoms with Crippen LogP contribution < -0.4 is 4.72 Å². The Balaban J connectivity index is 3.10. The predicted molar refractivity (Wildman–Crippen MR) is 78.8 cm³/mol. The molecule has 0 bridgehead atoms. The number of hydrogen-bond donors (Lipinski definition) is 2. The first-order valence-electron chi connectivity index (χ1n) is 6.44. The van der Waals surface area contributed by atoms with Gasteiger partial charge in [-0.3, -0.25) is 0 Å². The fraction of sp³-hybridized carbons (Fsp3) is 0.500. The van der Waals surface area contributed by atoms with Crippen LogP contribution in [-0.2, 0) is 20.0 Å². The van der Waals surface area contributed by atoms with Gasteiger partial charge in [0.1, 0.15) is 0 Å². The van der Waals surface area contributed by atoms with Crippen LogP contribution in [0.15, 0.2) is 34.1 Å². The van der Waals surface area contributed by atoms with E-state index >= 15 is 0 Å². The second-order valence-corrected chi connectivity index (χ2v) is 8.08. The van der Waals surface area contributed by atoms with Crippen molar-refractivity contribution in [1.82, 2.24) is 9.03 Å². The maximum Gasteiger partial charge on any atom is 0.243 e. The highest BCUT2D eigenvalue weighted by molar-refractivity contribution is 7.89. The largest absolute Gasteiger partial charge is 0.396 e. The molecule has 1 rings (SSSR count). The van der Waals surface area contributed by atoms with E-state index in [0.29, 0.717) is 6.42 Å². The molecule has 0 spiro atoms. The molecular formula is C12H20N2O5S2. The topological polar surface area (TPSA) is 104 Å². The van der Waals surface area contributed by atoms with Gasteiger partial charge in [0, 0.05) is 19.7 Å². The molecule has 0 amide bonds. The summed E-state index contributed by atoms with van der Waals surface area (Å²) in [6.45, 7) is 2.10. The first kappa shape index (κ1) is 18.1. The summed E-state index contributed by atoms with van der Waals surface area (Å²) in [5.74, 6) is 0. The van der Waals surface area contributed by atoms with Crippen molar-refractivity contribution in [1.29, 1.82) is 0 Å². The van der Waals surface area contributed by atoms with E-state index in [9.17, 15) is 16.8 Å². The van der Waals surface area contributed by atoms with Crippen LogP contribution >= 0.6 is 0 Å². The highest BCUT2D eigenvalue weighted by Gasteiger charge is 2.23. The molecule has 1 aromatic carbocycles. The van der Waals surface area contributed by atoms with Crippen LogP contribution in [0.3, 0.4) is 0 Å². The fourth-order valence-corrected chi connectivity index (χ4v) is 3.97. The minimum absolute atomic E-state index is 0.00218. The Morgan fingerprint density at radius 1 is 1.10 bits per heavy atom. The lowest BCUT2D eigenvalue weighted by Crippen LogP contribution is -2.32. The van der Waals surface area contributed by atoms with Crippen LogP contribution in [0.4, 0.5) is 0 Å². The summed E-state index contributed by atoms with van der Waals surface area (Å²) in [5.41, 5.74) is 0. The van der Waals surface area contributed by atoms with Gasteiger partial charge in [0.2, 0.25) is 20.0 Å². The van der Waals surface area contributed by atoms with Gasteiger partial charge in [-0.1, -0.05) is 6.92 Å². The Morgan fingerprint density at radius 3 is 2.05 bits per heavy atom. The van der Waals surface area contributed by atoms with Crippen molar-refractivity contribution < 1.29 is 21.9 Å². The van der Waals surface area contributed by atoms with E-state index < -0.39 is 20.0 Å². The van der Waals surface area contributed by atoms with E-state index in [1.54, 1.807) is 6.92 Å². The molecule has 1 aromatic rings. The fourth-order valence-electron chi connectivity index (χ4n) is 1.75. The second-order valence-electron chi connectivity index (χ2n) is 4.25. The summed E-state index contributed by atoms with van der Waals surface area (Å²) in [6, 6.07) is 5.03. The third-order valence-corrected chi connectivity index (χ3v) is 6.38. The van der Waals surface area contributed by atoms with Crippen molar-refractivity contribution in [2.45, 2.75) is 23.1 Å². The van der Waals surface area contributed by atoms with Crippen LogP contribution in [-0.4, -0.2) is 53.0 Å². The zero-order chi connectivity index (χ0) is 16.1. The molecule has 0 aliphatic carbocycles. The van der Waals surface area contributed by atoms with Gasteiger partial charge in [0.25, 0.3) is 0 Å². The van der Waals surface area contributed by atoms with Gasteiger partial charge in [0.15, 0.2) is 0 Å². The summed E-state index contributed by atoms with van der Waals surface area (Å²) in [6.07, 6.45) is 0.347. The van der Waals surface area contributed by atoms with Crippen LogP contribution in [0, 0.1) is 0 Å². The van der Waals surface area contributed by atoms with Gasteiger partial charge in [-0.25, -0.2) is 21.6 Å². The Hall–Kier alpha value is -1.00. The Labute approximate surface area is 125 Å². The number of nitrogens with zero attached hydrogens (tertiary/aromatic N) is 1. The van der Waals surface area contributed by atoms with Crippen molar-refractivity contribution in [3.63, 3.8) is 0 Å². The number of aliphatic hydroxyl groups excluding tert-OH is 1. The van der Waals surface area contributed by atoms with Crippen LogP contribution in [0.25, 0.3) is 0 Å². The van der Waals surface area contributed by atoms with E-state index in [2.05, 4.69) is 4.72 Å². The molecule has 0 radical (unpaired) electrons. The minimum atomic E-state index is -3.69. The zero-order valence-corrected chi connectivity index (χ0v) is 13.6. The zero-order valence-electron chi connectivity index (χ0n) is 12.0. The molecule has 0 atom stereocenters. The van der Waals surface area contributed by atoms with Crippen molar-refractivity contribution in [2.24, 2.45) is 0 Å².